The molecular formula is C37H57N7O4. The molecule has 2 atom stereocenters. The highest BCUT2D eigenvalue weighted by Crippen LogP contribution is 2.29. The van der Waals surface area contributed by atoms with Crippen molar-refractivity contribution < 1.29 is 19.2 Å². The minimum atomic E-state index is -0.467. The number of nitrogens with zero attached hydrogens (tertiary/aromatic N) is 5. The number of nitrogens with one attached hydrogen (secondary N) is 2. The van der Waals surface area contributed by atoms with Crippen LogP contribution in [-0.4, -0.2) is 146 Å². The average Bonchev–Trinajstić information content (AvgIpc) is 3.15. The number of amides is 4. The molecule has 48 heavy (non-hydrogen) atoms. The molecule has 2 unspecified atom stereocenters. The Morgan fingerprint density at radius 3 is 2.23 bits per heavy atom. The number of carbonyl (C=O) groups excluding carboxylic acids is 4. The van der Waals surface area contributed by atoms with Crippen LogP contribution in [0.5, 0.6) is 0 Å². The number of rotatable bonds is 10. The molecule has 0 radical (unpaired) electrons. The van der Waals surface area contributed by atoms with Crippen LogP contribution in [0.1, 0.15) is 79.6 Å². The minimum absolute atomic E-state index is 0.0908. The van der Waals surface area contributed by atoms with E-state index in [4.69, 9.17) is 0 Å². The van der Waals surface area contributed by atoms with Crippen LogP contribution in [0.15, 0.2) is 24.3 Å². The van der Waals surface area contributed by atoms with Crippen molar-refractivity contribution in [3.8, 4) is 0 Å². The van der Waals surface area contributed by atoms with Crippen molar-refractivity contribution in [2.24, 2.45) is 11.8 Å². The lowest BCUT2D eigenvalue weighted by molar-refractivity contribution is -0.137. The Hall–Kier alpha value is -3.02. The van der Waals surface area contributed by atoms with Crippen LogP contribution < -0.4 is 10.6 Å². The molecule has 4 heterocycles. The second kappa shape index (κ2) is 17.1. The molecule has 0 bridgehead atoms. The Labute approximate surface area is 286 Å². The van der Waals surface area contributed by atoms with Crippen molar-refractivity contribution in [1.29, 1.82) is 0 Å². The van der Waals surface area contributed by atoms with E-state index in [1.165, 1.54) is 12.0 Å². The van der Waals surface area contributed by atoms with E-state index in [1.54, 1.807) is 4.90 Å². The van der Waals surface area contributed by atoms with E-state index in [2.05, 4.69) is 26.5 Å². The maximum atomic E-state index is 14.1. The van der Waals surface area contributed by atoms with Crippen LogP contribution in [-0.2, 0) is 14.4 Å². The topological polar surface area (TPSA) is 109 Å². The SMILES string of the molecule is O=CN1CCN(C(=O)CN2CCC(CN3CCN(C(=O)C(NC(=O)c4cccc(C5CCCNC5)c4)C4CCCCC4)CC3)CC2)CC1. The van der Waals surface area contributed by atoms with Crippen molar-refractivity contribution in [1.82, 2.24) is 35.1 Å². The Kier molecular flexibility index (Phi) is 12.4. The smallest absolute Gasteiger partial charge is 0.251 e. The summed E-state index contributed by atoms with van der Waals surface area (Å²) < 4.78 is 0. The van der Waals surface area contributed by atoms with E-state index in [-0.39, 0.29) is 23.6 Å². The van der Waals surface area contributed by atoms with Crippen molar-refractivity contribution in [3.63, 3.8) is 0 Å². The third-order valence-electron chi connectivity index (χ3n) is 11.7. The first-order valence-corrected chi connectivity index (χ1v) is 18.8. The van der Waals surface area contributed by atoms with Crippen LogP contribution in [0, 0.1) is 11.8 Å². The Morgan fingerprint density at radius 1 is 0.812 bits per heavy atom. The summed E-state index contributed by atoms with van der Waals surface area (Å²) in [5.41, 5.74) is 1.86. The molecule has 1 aromatic carbocycles. The summed E-state index contributed by atoms with van der Waals surface area (Å²) in [5.74, 6) is 1.36. The van der Waals surface area contributed by atoms with Gasteiger partial charge in [0.05, 0.1) is 6.54 Å². The zero-order chi connectivity index (χ0) is 33.3. The summed E-state index contributed by atoms with van der Waals surface area (Å²) in [4.78, 5) is 61.9. The number of likely N-dealkylation sites (tertiary alicyclic amines) is 1. The van der Waals surface area contributed by atoms with Gasteiger partial charge in [-0.1, -0.05) is 31.4 Å². The fourth-order valence-electron chi connectivity index (χ4n) is 8.55. The second-order valence-electron chi connectivity index (χ2n) is 14.9. The van der Waals surface area contributed by atoms with Crippen molar-refractivity contribution in [3.05, 3.63) is 35.4 Å². The Balaban J connectivity index is 0.965. The summed E-state index contributed by atoms with van der Waals surface area (Å²) in [5, 5.41) is 6.72. The highest BCUT2D eigenvalue weighted by atomic mass is 16.2. The van der Waals surface area contributed by atoms with E-state index in [1.807, 2.05) is 28.0 Å². The van der Waals surface area contributed by atoms with E-state index < -0.39 is 6.04 Å². The van der Waals surface area contributed by atoms with Gasteiger partial charge in [0.1, 0.15) is 6.04 Å². The van der Waals surface area contributed by atoms with Crippen LogP contribution >= 0.6 is 0 Å². The molecule has 5 aliphatic rings. The predicted octanol–water partition coefficient (Wildman–Crippen LogP) is 1.99. The number of hydrogen-bond donors (Lipinski definition) is 2. The fourth-order valence-corrected chi connectivity index (χ4v) is 8.55. The van der Waals surface area contributed by atoms with Gasteiger partial charge in [0.25, 0.3) is 5.91 Å². The highest BCUT2D eigenvalue weighted by Gasteiger charge is 2.36. The van der Waals surface area contributed by atoms with Gasteiger partial charge in [-0.05, 0) is 93.6 Å². The van der Waals surface area contributed by atoms with Crippen molar-refractivity contribution in [2.45, 2.75) is 69.7 Å². The van der Waals surface area contributed by atoms with Gasteiger partial charge in [0.2, 0.25) is 18.2 Å². The van der Waals surface area contributed by atoms with E-state index in [0.29, 0.717) is 63.2 Å². The Morgan fingerprint density at radius 2 is 1.54 bits per heavy atom. The maximum absolute atomic E-state index is 14.1. The maximum Gasteiger partial charge on any atom is 0.251 e. The molecule has 0 aromatic heterocycles. The van der Waals surface area contributed by atoms with Gasteiger partial charge in [0, 0.05) is 71.0 Å². The van der Waals surface area contributed by atoms with Gasteiger partial charge in [-0.3, -0.25) is 29.0 Å². The number of carbonyl (C=O) groups is 4. The van der Waals surface area contributed by atoms with Crippen molar-refractivity contribution in [2.75, 3.05) is 91.6 Å². The van der Waals surface area contributed by atoms with Gasteiger partial charge in [0.15, 0.2) is 0 Å². The zero-order valence-electron chi connectivity index (χ0n) is 28.8. The highest BCUT2D eigenvalue weighted by molar-refractivity contribution is 5.97. The quantitative estimate of drug-likeness (QED) is 0.369. The summed E-state index contributed by atoms with van der Waals surface area (Å²) in [6, 6.07) is 7.57. The molecular weight excluding hydrogens is 606 g/mol. The van der Waals surface area contributed by atoms with Crippen molar-refractivity contribution >= 4 is 24.1 Å². The lowest BCUT2D eigenvalue weighted by Gasteiger charge is -2.41. The lowest BCUT2D eigenvalue weighted by atomic mass is 9.83. The number of hydrogen-bond acceptors (Lipinski definition) is 7. The van der Waals surface area contributed by atoms with Gasteiger partial charge < -0.3 is 25.3 Å². The lowest BCUT2D eigenvalue weighted by Crippen LogP contribution is -2.57. The first-order chi connectivity index (χ1) is 23.5. The molecule has 4 saturated heterocycles. The standard InChI is InChI=1S/C37H57N7O4/c45-28-42-18-20-43(21-19-42)34(46)27-40-14-11-29(12-15-40)26-41-16-22-44(23-17-41)37(48)35(30-6-2-1-3-7-30)39-36(47)32-9-4-8-31(24-32)33-10-5-13-38-25-33/h4,8-9,24,28-30,33,35,38H,1-3,5-7,10-23,25-27H2,(H,39,47). The third kappa shape index (κ3) is 9.15. The molecule has 11 heteroatoms. The van der Waals surface area contributed by atoms with Crippen LogP contribution in [0.25, 0.3) is 0 Å². The first kappa shape index (κ1) is 34.8. The predicted molar refractivity (Wildman–Crippen MR) is 186 cm³/mol. The molecule has 4 aliphatic heterocycles. The molecule has 5 fully saturated rings. The molecule has 4 amide bonds. The molecule has 1 aromatic rings. The van der Waals surface area contributed by atoms with E-state index in [0.717, 1.165) is 104 Å². The van der Waals surface area contributed by atoms with Gasteiger partial charge in [-0.2, -0.15) is 0 Å². The molecule has 1 aliphatic carbocycles. The summed E-state index contributed by atoms with van der Waals surface area (Å²) in [6.45, 7) is 11.0. The van der Waals surface area contributed by atoms with E-state index in [9.17, 15) is 19.2 Å². The van der Waals surface area contributed by atoms with E-state index >= 15 is 0 Å². The third-order valence-corrected chi connectivity index (χ3v) is 11.7. The second-order valence-corrected chi connectivity index (χ2v) is 14.9. The molecule has 1 saturated carbocycles. The minimum Gasteiger partial charge on any atom is -0.342 e. The zero-order valence-corrected chi connectivity index (χ0v) is 28.8. The number of piperidine rings is 2. The summed E-state index contributed by atoms with van der Waals surface area (Å²) in [6.07, 6.45) is 10.7. The summed E-state index contributed by atoms with van der Waals surface area (Å²) >= 11 is 0. The van der Waals surface area contributed by atoms with Crippen LogP contribution in [0.4, 0.5) is 0 Å². The average molecular weight is 664 g/mol. The molecule has 264 valence electrons. The molecule has 2 N–H and O–H groups in total. The molecule has 11 nitrogen and oxygen atoms in total. The normalized spacial score (nSPS) is 24.7. The largest absolute Gasteiger partial charge is 0.342 e. The Bertz CT molecular complexity index is 1230. The van der Waals surface area contributed by atoms with Gasteiger partial charge in [-0.15, -0.1) is 0 Å². The fraction of sp³-hybridized carbons (Fsp3) is 0.730. The summed E-state index contributed by atoms with van der Waals surface area (Å²) in [7, 11) is 0. The first-order valence-electron chi connectivity index (χ1n) is 18.8. The number of benzene rings is 1. The van der Waals surface area contributed by atoms with Crippen LogP contribution in [0.2, 0.25) is 0 Å². The molecule has 6 rings (SSSR count). The number of piperazine rings is 2. The van der Waals surface area contributed by atoms with Crippen LogP contribution in [0.3, 0.4) is 0 Å². The van der Waals surface area contributed by atoms with Gasteiger partial charge >= 0.3 is 0 Å². The molecule has 0 spiro atoms. The van der Waals surface area contributed by atoms with Gasteiger partial charge in [-0.25, -0.2) is 0 Å². The monoisotopic (exact) mass is 663 g/mol.